The fraction of sp³-hybridized carbons (Fsp3) is 0.588. The highest BCUT2D eigenvalue weighted by atomic mass is 79.9. The van der Waals surface area contributed by atoms with Crippen molar-refractivity contribution in [1.82, 2.24) is 10.3 Å². The zero-order valence-corrected chi connectivity index (χ0v) is 16.4. The summed E-state index contributed by atoms with van der Waals surface area (Å²) in [6.07, 6.45) is 1.86. The SMILES string of the molecule is COC(=O)c1ccc(O[C@@H]2CC[C@H](NC(=O)OC(C)(C)C)C2)c(Br)n1. The van der Waals surface area contributed by atoms with Gasteiger partial charge in [0.1, 0.15) is 22.0 Å². The fourth-order valence-electron chi connectivity index (χ4n) is 2.56. The quantitative estimate of drug-likeness (QED) is 0.599. The average Bonchev–Trinajstić information content (AvgIpc) is 2.93. The van der Waals surface area contributed by atoms with Crippen molar-refractivity contribution in [2.45, 2.75) is 57.8 Å². The topological polar surface area (TPSA) is 86.8 Å². The number of esters is 1. The molecule has 0 unspecified atom stereocenters. The van der Waals surface area contributed by atoms with Crippen molar-refractivity contribution in [2.24, 2.45) is 0 Å². The summed E-state index contributed by atoms with van der Waals surface area (Å²) in [7, 11) is 1.30. The van der Waals surface area contributed by atoms with Crippen LogP contribution in [0.3, 0.4) is 0 Å². The third kappa shape index (κ3) is 5.88. The van der Waals surface area contributed by atoms with E-state index in [9.17, 15) is 9.59 Å². The molecule has 8 heteroatoms. The van der Waals surface area contributed by atoms with Crippen molar-refractivity contribution in [3.05, 3.63) is 22.4 Å². The molecule has 0 bridgehead atoms. The molecule has 25 heavy (non-hydrogen) atoms. The van der Waals surface area contributed by atoms with Crippen LogP contribution in [0, 0.1) is 0 Å². The van der Waals surface area contributed by atoms with Crippen molar-refractivity contribution in [3.63, 3.8) is 0 Å². The van der Waals surface area contributed by atoms with Crippen molar-refractivity contribution in [3.8, 4) is 5.75 Å². The van der Waals surface area contributed by atoms with Gasteiger partial charge >= 0.3 is 12.1 Å². The van der Waals surface area contributed by atoms with E-state index in [1.54, 1.807) is 12.1 Å². The standard InChI is InChI=1S/C17H23BrN2O5/c1-17(2,3)25-16(22)19-10-5-6-11(9-10)24-13-8-7-12(15(21)23-4)20-14(13)18/h7-8,10-11H,5-6,9H2,1-4H3,(H,19,22)/t10-,11+/m0/s1. The zero-order valence-electron chi connectivity index (χ0n) is 14.8. The molecular formula is C17H23BrN2O5. The second-order valence-corrected chi connectivity index (χ2v) is 7.62. The lowest BCUT2D eigenvalue weighted by atomic mass is 10.2. The van der Waals surface area contributed by atoms with Gasteiger partial charge in [0.2, 0.25) is 0 Å². The number of carbonyl (C=O) groups excluding carboxylic acids is 2. The minimum Gasteiger partial charge on any atom is -0.488 e. The Hall–Kier alpha value is -1.83. The van der Waals surface area contributed by atoms with Crippen LogP contribution in [-0.4, -0.2) is 41.9 Å². The molecule has 1 saturated carbocycles. The lowest BCUT2D eigenvalue weighted by molar-refractivity contribution is 0.0502. The Morgan fingerprint density at radius 3 is 2.60 bits per heavy atom. The van der Waals surface area contributed by atoms with E-state index in [1.165, 1.54) is 7.11 Å². The van der Waals surface area contributed by atoms with Gasteiger partial charge in [-0.05, 0) is 61.7 Å². The highest BCUT2D eigenvalue weighted by Crippen LogP contribution is 2.29. The molecule has 0 saturated heterocycles. The summed E-state index contributed by atoms with van der Waals surface area (Å²) in [6.45, 7) is 5.49. The Morgan fingerprint density at radius 1 is 1.28 bits per heavy atom. The predicted molar refractivity (Wildman–Crippen MR) is 94.7 cm³/mol. The normalized spacial score (nSPS) is 20.0. The minimum atomic E-state index is -0.517. The first-order valence-corrected chi connectivity index (χ1v) is 8.88. The molecule has 1 fully saturated rings. The Bertz CT molecular complexity index is 644. The van der Waals surface area contributed by atoms with E-state index in [1.807, 2.05) is 20.8 Å². The number of aromatic nitrogens is 1. The van der Waals surface area contributed by atoms with Gasteiger partial charge in [-0.25, -0.2) is 14.6 Å². The van der Waals surface area contributed by atoms with E-state index in [4.69, 9.17) is 9.47 Å². The molecule has 1 aliphatic rings. The van der Waals surface area contributed by atoms with Gasteiger partial charge < -0.3 is 19.5 Å². The van der Waals surface area contributed by atoms with Gasteiger partial charge in [-0.3, -0.25) is 0 Å². The van der Waals surface area contributed by atoms with Crippen molar-refractivity contribution in [1.29, 1.82) is 0 Å². The van der Waals surface area contributed by atoms with Gasteiger partial charge in [-0.2, -0.15) is 0 Å². The number of nitrogens with zero attached hydrogens (tertiary/aromatic N) is 1. The van der Waals surface area contributed by atoms with Gasteiger partial charge in [0, 0.05) is 12.5 Å². The Morgan fingerprint density at radius 2 is 2.00 bits per heavy atom. The van der Waals surface area contributed by atoms with E-state index in [2.05, 4.69) is 31.0 Å². The largest absolute Gasteiger partial charge is 0.488 e. The van der Waals surface area contributed by atoms with Crippen LogP contribution in [0.4, 0.5) is 4.79 Å². The van der Waals surface area contributed by atoms with Crippen LogP contribution in [-0.2, 0) is 9.47 Å². The maximum absolute atomic E-state index is 11.8. The second kappa shape index (κ2) is 8.03. The molecule has 1 N–H and O–H groups in total. The third-order valence-electron chi connectivity index (χ3n) is 3.61. The fourth-order valence-corrected chi connectivity index (χ4v) is 2.98. The lowest BCUT2D eigenvalue weighted by Crippen LogP contribution is -2.38. The molecule has 7 nitrogen and oxygen atoms in total. The number of pyridine rings is 1. The number of rotatable bonds is 4. The summed E-state index contributed by atoms with van der Waals surface area (Å²) < 4.78 is 16.3. The zero-order chi connectivity index (χ0) is 18.6. The molecule has 1 aromatic rings. The molecule has 1 heterocycles. The first kappa shape index (κ1) is 19.5. The van der Waals surface area contributed by atoms with E-state index in [-0.39, 0.29) is 17.8 Å². The van der Waals surface area contributed by atoms with Gasteiger partial charge in [0.05, 0.1) is 7.11 Å². The average molecular weight is 415 g/mol. The number of methoxy groups -OCH3 is 1. The van der Waals surface area contributed by atoms with Gasteiger partial charge in [0.25, 0.3) is 0 Å². The molecule has 2 rings (SSSR count). The van der Waals surface area contributed by atoms with Crippen LogP contribution in [0.1, 0.15) is 50.5 Å². The molecule has 0 spiro atoms. The molecule has 1 aromatic heterocycles. The molecule has 138 valence electrons. The van der Waals surface area contributed by atoms with Gasteiger partial charge in [-0.15, -0.1) is 0 Å². The summed E-state index contributed by atoms with van der Waals surface area (Å²) in [6, 6.07) is 3.25. The predicted octanol–water partition coefficient (Wildman–Crippen LogP) is 3.46. The van der Waals surface area contributed by atoms with E-state index >= 15 is 0 Å². The minimum absolute atomic E-state index is 0.0147. The molecule has 0 radical (unpaired) electrons. The van der Waals surface area contributed by atoms with E-state index < -0.39 is 17.7 Å². The Labute approximate surface area is 155 Å². The van der Waals surface area contributed by atoms with Crippen molar-refractivity contribution < 1.29 is 23.8 Å². The maximum Gasteiger partial charge on any atom is 0.407 e. The molecule has 1 aliphatic carbocycles. The highest BCUT2D eigenvalue weighted by Gasteiger charge is 2.29. The summed E-state index contributed by atoms with van der Waals surface area (Å²) in [4.78, 5) is 27.4. The molecule has 1 amide bonds. The Balaban J connectivity index is 1.89. The maximum atomic E-state index is 11.8. The van der Waals surface area contributed by atoms with Crippen molar-refractivity contribution in [2.75, 3.05) is 7.11 Å². The number of alkyl carbamates (subject to hydrolysis) is 1. The number of carbonyl (C=O) groups is 2. The third-order valence-corrected chi connectivity index (χ3v) is 4.18. The summed E-state index contributed by atoms with van der Waals surface area (Å²) in [5.74, 6) is 0.0466. The van der Waals surface area contributed by atoms with Crippen LogP contribution in [0.2, 0.25) is 0 Å². The van der Waals surface area contributed by atoms with Gasteiger partial charge in [0.15, 0.2) is 5.75 Å². The monoisotopic (exact) mass is 414 g/mol. The summed E-state index contributed by atoms with van der Waals surface area (Å²) in [5.41, 5.74) is -0.311. The number of ether oxygens (including phenoxy) is 3. The van der Waals surface area contributed by atoms with Crippen LogP contribution in [0.25, 0.3) is 0 Å². The molecular weight excluding hydrogens is 392 g/mol. The number of hydrogen-bond acceptors (Lipinski definition) is 6. The molecule has 0 aliphatic heterocycles. The van der Waals surface area contributed by atoms with Crippen LogP contribution in [0.5, 0.6) is 5.75 Å². The molecule has 2 atom stereocenters. The smallest absolute Gasteiger partial charge is 0.407 e. The number of hydrogen-bond donors (Lipinski definition) is 1. The van der Waals surface area contributed by atoms with Crippen molar-refractivity contribution >= 4 is 28.0 Å². The van der Waals surface area contributed by atoms with Crippen LogP contribution < -0.4 is 10.1 Å². The van der Waals surface area contributed by atoms with E-state index in [0.29, 0.717) is 16.8 Å². The van der Waals surface area contributed by atoms with Crippen LogP contribution >= 0.6 is 15.9 Å². The first-order valence-electron chi connectivity index (χ1n) is 8.09. The van der Waals surface area contributed by atoms with Gasteiger partial charge in [-0.1, -0.05) is 0 Å². The van der Waals surface area contributed by atoms with Crippen LogP contribution in [0.15, 0.2) is 16.7 Å². The summed E-state index contributed by atoms with van der Waals surface area (Å²) in [5, 5.41) is 2.87. The number of nitrogens with one attached hydrogen (secondary N) is 1. The number of halogens is 1. The Kier molecular flexibility index (Phi) is 6.26. The van der Waals surface area contributed by atoms with E-state index in [0.717, 1.165) is 12.8 Å². The summed E-state index contributed by atoms with van der Waals surface area (Å²) >= 11 is 3.31. The lowest BCUT2D eigenvalue weighted by Gasteiger charge is -2.21. The second-order valence-electron chi connectivity index (χ2n) is 6.87. The number of amides is 1. The molecule has 0 aromatic carbocycles. The highest BCUT2D eigenvalue weighted by molar-refractivity contribution is 9.10. The first-order chi connectivity index (χ1) is 11.7.